The summed E-state index contributed by atoms with van der Waals surface area (Å²) in [5, 5.41) is 0. The molecule has 0 bridgehead atoms. The summed E-state index contributed by atoms with van der Waals surface area (Å²) in [4.78, 5) is 2.80. The Morgan fingerprint density at radius 2 is 1.05 bits per heavy atom. The molecule has 0 saturated heterocycles. The van der Waals surface area contributed by atoms with Gasteiger partial charge in [0.15, 0.2) is 0 Å². The lowest BCUT2D eigenvalue weighted by molar-refractivity contribution is 1.27. The van der Waals surface area contributed by atoms with Crippen molar-refractivity contribution in [2.45, 2.75) is 14.4 Å². The van der Waals surface area contributed by atoms with Gasteiger partial charge in [0.05, 0.1) is 4.58 Å². The van der Waals surface area contributed by atoms with Crippen molar-refractivity contribution in [3.05, 3.63) is 84.4 Å². The molecule has 1 aliphatic rings. The van der Waals surface area contributed by atoms with Crippen LogP contribution in [0.5, 0.6) is 0 Å². The molecule has 0 radical (unpaired) electrons. The highest BCUT2D eigenvalue weighted by molar-refractivity contribution is 8.18. The molecule has 0 N–H and O–H groups in total. The van der Waals surface area contributed by atoms with Crippen LogP contribution in [0.15, 0.2) is 88.7 Å². The van der Waals surface area contributed by atoms with E-state index in [0.717, 1.165) is 0 Å². The third-order valence-electron chi connectivity index (χ3n) is 3.61. The predicted octanol–water partition coefficient (Wildman–Crippen LogP) is 6.25. The summed E-state index contributed by atoms with van der Waals surface area (Å²) in [6.07, 6.45) is 0. The van der Waals surface area contributed by atoms with E-state index in [-0.39, 0.29) is 0 Å². The molecule has 1 heterocycles. The minimum Gasteiger partial charge on any atom is -0.105 e. The van der Waals surface area contributed by atoms with E-state index in [4.69, 9.17) is 0 Å². The normalized spacial score (nSPS) is 14.1. The van der Waals surface area contributed by atoms with Crippen molar-refractivity contribution in [2.24, 2.45) is 0 Å². The molecule has 4 rings (SSSR count). The molecule has 0 amide bonds. The van der Waals surface area contributed by atoms with Crippen LogP contribution < -0.4 is 0 Å². The van der Waals surface area contributed by atoms with E-state index in [1.54, 1.807) is 0 Å². The predicted molar refractivity (Wildman–Crippen MR) is 92.8 cm³/mol. The summed E-state index contributed by atoms with van der Waals surface area (Å²) in [5.41, 5.74) is 3.95. The Bertz CT molecular complexity index is 723. The maximum absolute atomic E-state index is 2.26. The van der Waals surface area contributed by atoms with E-state index in [2.05, 4.69) is 78.9 Å². The fraction of sp³-hybridized carbons (Fsp3) is 0.0526. The third-order valence-corrected chi connectivity index (χ3v) is 6.51. The second-order valence-electron chi connectivity index (χ2n) is 5.00. The van der Waals surface area contributed by atoms with Crippen molar-refractivity contribution in [1.82, 2.24) is 0 Å². The molecule has 2 heteroatoms. The lowest BCUT2D eigenvalue weighted by Crippen LogP contribution is -1.85. The van der Waals surface area contributed by atoms with Crippen LogP contribution in [0.2, 0.25) is 0 Å². The summed E-state index contributed by atoms with van der Waals surface area (Å²) in [5.74, 6) is 0. The van der Waals surface area contributed by atoms with Gasteiger partial charge in [-0.2, -0.15) is 0 Å². The summed E-state index contributed by atoms with van der Waals surface area (Å²) >= 11 is 3.91. The number of hydrogen-bond acceptors (Lipinski definition) is 2. The Labute approximate surface area is 133 Å². The van der Waals surface area contributed by atoms with Gasteiger partial charge in [-0.15, -0.1) is 23.5 Å². The zero-order valence-electron chi connectivity index (χ0n) is 11.4. The van der Waals surface area contributed by atoms with E-state index < -0.39 is 0 Å². The van der Waals surface area contributed by atoms with Crippen LogP contribution in [0, 0.1) is 0 Å². The van der Waals surface area contributed by atoms with Crippen LogP contribution >= 0.6 is 23.5 Å². The molecular weight excluding hydrogens is 292 g/mol. The number of hydrogen-bond donors (Lipinski definition) is 0. The molecule has 0 aromatic heterocycles. The van der Waals surface area contributed by atoms with Crippen molar-refractivity contribution in [1.29, 1.82) is 0 Å². The van der Waals surface area contributed by atoms with Crippen LogP contribution in [0.25, 0.3) is 11.1 Å². The van der Waals surface area contributed by atoms with Crippen molar-refractivity contribution in [3.63, 3.8) is 0 Å². The maximum atomic E-state index is 2.26. The zero-order valence-corrected chi connectivity index (χ0v) is 13.0. The minimum absolute atomic E-state index is 0.479. The van der Waals surface area contributed by atoms with Gasteiger partial charge in [0.25, 0.3) is 0 Å². The fourth-order valence-corrected chi connectivity index (χ4v) is 5.33. The Morgan fingerprint density at radius 3 is 1.67 bits per heavy atom. The van der Waals surface area contributed by atoms with Gasteiger partial charge in [0.2, 0.25) is 0 Å². The van der Waals surface area contributed by atoms with Crippen LogP contribution in [0.3, 0.4) is 0 Å². The van der Waals surface area contributed by atoms with Crippen LogP contribution in [0.1, 0.15) is 10.1 Å². The highest BCUT2D eigenvalue weighted by atomic mass is 32.2. The van der Waals surface area contributed by atoms with Crippen molar-refractivity contribution in [3.8, 4) is 11.1 Å². The first-order valence-corrected chi connectivity index (χ1v) is 8.74. The first-order chi connectivity index (χ1) is 10.4. The van der Waals surface area contributed by atoms with Crippen LogP contribution in [-0.4, -0.2) is 0 Å². The maximum Gasteiger partial charge on any atom is 0.0846 e. The molecule has 0 nitrogen and oxygen atoms in total. The molecule has 0 fully saturated rings. The standard InChI is InChI=1S/C19H14S2/c1-2-6-14(7-3-1)15-10-12-16(13-11-15)19-20-17-8-4-5-9-18(17)21-19/h1-13,19H. The van der Waals surface area contributed by atoms with Gasteiger partial charge < -0.3 is 0 Å². The molecule has 3 aromatic carbocycles. The summed E-state index contributed by atoms with van der Waals surface area (Å²) in [6, 6.07) is 28.2. The zero-order chi connectivity index (χ0) is 14.1. The van der Waals surface area contributed by atoms with Gasteiger partial charge in [-0.25, -0.2) is 0 Å². The lowest BCUT2D eigenvalue weighted by atomic mass is 10.0. The van der Waals surface area contributed by atoms with E-state index in [9.17, 15) is 0 Å². The van der Waals surface area contributed by atoms with Gasteiger partial charge >= 0.3 is 0 Å². The van der Waals surface area contributed by atoms with Crippen LogP contribution in [-0.2, 0) is 0 Å². The van der Waals surface area contributed by atoms with Gasteiger partial charge in [-0.3, -0.25) is 0 Å². The third kappa shape index (κ3) is 2.61. The molecule has 1 aliphatic heterocycles. The molecular formula is C19H14S2. The average Bonchev–Trinajstić information content (AvgIpc) is 3.00. The van der Waals surface area contributed by atoms with Gasteiger partial charge in [-0.1, -0.05) is 66.7 Å². The van der Waals surface area contributed by atoms with Crippen molar-refractivity contribution in [2.75, 3.05) is 0 Å². The molecule has 102 valence electrons. The Kier molecular flexibility index (Phi) is 3.50. The van der Waals surface area contributed by atoms with E-state index in [1.165, 1.54) is 26.5 Å². The number of rotatable bonds is 2. The molecule has 0 unspecified atom stereocenters. The number of benzene rings is 3. The minimum atomic E-state index is 0.479. The van der Waals surface area contributed by atoms with E-state index >= 15 is 0 Å². The smallest absolute Gasteiger partial charge is 0.0846 e. The molecule has 0 aliphatic carbocycles. The van der Waals surface area contributed by atoms with Crippen molar-refractivity contribution < 1.29 is 0 Å². The lowest BCUT2D eigenvalue weighted by Gasteiger charge is -2.09. The molecule has 3 aromatic rings. The fourth-order valence-electron chi connectivity index (χ4n) is 2.50. The monoisotopic (exact) mass is 306 g/mol. The van der Waals surface area contributed by atoms with E-state index in [0.29, 0.717) is 4.58 Å². The second kappa shape index (κ2) is 5.63. The highest BCUT2D eigenvalue weighted by Crippen LogP contribution is 2.56. The first kappa shape index (κ1) is 13.1. The number of fused-ring (bicyclic) bond motifs is 1. The Morgan fingerprint density at radius 1 is 0.524 bits per heavy atom. The SMILES string of the molecule is c1ccc(-c2ccc(C3Sc4ccccc4S3)cc2)cc1. The summed E-state index contributed by atoms with van der Waals surface area (Å²) < 4.78 is 0.479. The first-order valence-electron chi connectivity index (χ1n) is 6.98. The molecule has 0 atom stereocenters. The highest BCUT2D eigenvalue weighted by Gasteiger charge is 2.23. The number of thioether (sulfide) groups is 2. The topological polar surface area (TPSA) is 0 Å². The second-order valence-corrected chi connectivity index (χ2v) is 7.59. The molecule has 21 heavy (non-hydrogen) atoms. The van der Waals surface area contributed by atoms with Gasteiger partial charge in [-0.05, 0) is 28.8 Å². The van der Waals surface area contributed by atoms with E-state index in [1.807, 2.05) is 23.5 Å². The Hall–Kier alpha value is -1.64. The largest absolute Gasteiger partial charge is 0.105 e. The van der Waals surface area contributed by atoms with Crippen molar-refractivity contribution >= 4 is 23.5 Å². The summed E-state index contributed by atoms with van der Waals surface area (Å²) in [7, 11) is 0. The average molecular weight is 306 g/mol. The molecule has 0 saturated carbocycles. The van der Waals surface area contributed by atoms with Crippen LogP contribution in [0.4, 0.5) is 0 Å². The Balaban J connectivity index is 1.58. The van der Waals surface area contributed by atoms with Gasteiger partial charge in [0, 0.05) is 9.79 Å². The van der Waals surface area contributed by atoms with Gasteiger partial charge in [0.1, 0.15) is 0 Å². The molecule has 0 spiro atoms. The summed E-state index contributed by atoms with van der Waals surface area (Å²) in [6.45, 7) is 0. The quantitative estimate of drug-likeness (QED) is 0.549.